The fourth-order valence-electron chi connectivity index (χ4n) is 1.52. The summed E-state index contributed by atoms with van der Waals surface area (Å²) in [4.78, 5) is 10.4. The molecule has 0 bridgehead atoms. The lowest BCUT2D eigenvalue weighted by atomic mass is 10.2. The Morgan fingerprint density at radius 2 is 2.06 bits per heavy atom. The molecule has 2 N–H and O–H groups in total. The Kier molecular flexibility index (Phi) is 6.87. The lowest BCUT2D eigenvalue weighted by Gasteiger charge is -2.07. The van der Waals surface area contributed by atoms with Crippen molar-refractivity contribution in [1.29, 1.82) is 0 Å². The highest BCUT2D eigenvalue weighted by Crippen LogP contribution is 2.13. The number of primary amides is 1. The van der Waals surface area contributed by atoms with Gasteiger partial charge >= 0.3 is 0 Å². The lowest BCUT2D eigenvalue weighted by Crippen LogP contribution is -2.18. The van der Waals surface area contributed by atoms with Gasteiger partial charge in [-0.05, 0) is 37.0 Å². The van der Waals surface area contributed by atoms with Crippen LogP contribution in [0, 0.1) is 0 Å². The minimum atomic E-state index is -0.428. The molecule has 0 saturated heterocycles. The van der Waals surface area contributed by atoms with Gasteiger partial charge in [-0.15, -0.1) is 0 Å². The number of carbonyl (C=O) groups is 1. The molecule has 0 radical (unpaired) electrons. The van der Waals surface area contributed by atoms with Crippen LogP contribution in [0.1, 0.15) is 25.3 Å². The van der Waals surface area contributed by atoms with Crippen LogP contribution in [0.15, 0.2) is 24.3 Å². The van der Waals surface area contributed by atoms with Crippen molar-refractivity contribution in [2.45, 2.75) is 26.2 Å². The number of unbranched alkanes of at least 4 members (excludes halogenated alkanes) is 1. The number of ether oxygens (including phenoxy) is 2. The van der Waals surface area contributed by atoms with E-state index in [-0.39, 0.29) is 6.61 Å². The number of rotatable bonds is 9. The van der Waals surface area contributed by atoms with Crippen LogP contribution >= 0.6 is 0 Å². The van der Waals surface area contributed by atoms with Gasteiger partial charge in [0, 0.05) is 6.61 Å². The molecular weight excluding hydrogens is 230 g/mol. The molecule has 0 fully saturated rings. The van der Waals surface area contributed by atoms with Crippen LogP contribution in [-0.4, -0.2) is 25.7 Å². The van der Waals surface area contributed by atoms with E-state index >= 15 is 0 Å². The van der Waals surface area contributed by atoms with Crippen molar-refractivity contribution in [1.82, 2.24) is 0 Å². The zero-order chi connectivity index (χ0) is 13.2. The van der Waals surface area contributed by atoms with E-state index in [2.05, 4.69) is 19.1 Å². The number of hydrogen-bond donors (Lipinski definition) is 1. The number of benzene rings is 1. The van der Waals surface area contributed by atoms with Crippen LogP contribution in [0.3, 0.4) is 0 Å². The van der Waals surface area contributed by atoms with Gasteiger partial charge in [0.2, 0.25) is 5.91 Å². The number of amides is 1. The van der Waals surface area contributed by atoms with Crippen molar-refractivity contribution in [3.63, 3.8) is 0 Å². The van der Waals surface area contributed by atoms with Crippen molar-refractivity contribution in [3.8, 4) is 5.75 Å². The van der Waals surface area contributed by atoms with Gasteiger partial charge in [-0.3, -0.25) is 4.79 Å². The minimum Gasteiger partial charge on any atom is -0.494 e. The third kappa shape index (κ3) is 6.25. The van der Waals surface area contributed by atoms with Crippen molar-refractivity contribution in [2.24, 2.45) is 5.73 Å². The van der Waals surface area contributed by atoms with Gasteiger partial charge in [0.25, 0.3) is 0 Å². The van der Waals surface area contributed by atoms with E-state index in [0.717, 1.165) is 25.0 Å². The second-order valence-corrected chi connectivity index (χ2v) is 4.08. The zero-order valence-corrected chi connectivity index (χ0v) is 10.9. The Morgan fingerprint density at radius 1 is 1.28 bits per heavy atom. The molecule has 1 aromatic carbocycles. The number of hydrogen-bond acceptors (Lipinski definition) is 3. The maximum atomic E-state index is 10.4. The Labute approximate surface area is 108 Å². The monoisotopic (exact) mass is 251 g/mol. The molecule has 0 aliphatic heterocycles. The highest BCUT2D eigenvalue weighted by molar-refractivity contribution is 5.74. The van der Waals surface area contributed by atoms with Crippen molar-refractivity contribution < 1.29 is 14.3 Å². The molecule has 0 aliphatic carbocycles. The molecule has 1 amide bonds. The van der Waals surface area contributed by atoms with Crippen LogP contribution in [0.5, 0.6) is 5.75 Å². The SMILES string of the molecule is CCc1cccc(OCCCCOCC(N)=O)c1. The second kappa shape index (κ2) is 8.53. The predicted octanol–water partition coefficient (Wildman–Crippen LogP) is 1.91. The van der Waals surface area contributed by atoms with E-state index in [1.807, 2.05) is 12.1 Å². The maximum absolute atomic E-state index is 10.4. The summed E-state index contributed by atoms with van der Waals surface area (Å²) in [7, 11) is 0. The van der Waals surface area contributed by atoms with Crippen molar-refractivity contribution >= 4 is 5.91 Å². The first kappa shape index (κ1) is 14.5. The first-order valence-electron chi connectivity index (χ1n) is 6.30. The molecule has 0 aliphatic rings. The molecule has 0 spiro atoms. The molecule has 0 atom stereocenters. The van der Waals surface area contributed by atoms with E-state index in [4.69, 9.17) is 15.2 Å². The number of carbonyl (C=O) groups excluding carboxylic acids is 1. The number of nitrogens with two attached hydrogens (primary N) is 1. The summed E-state index contributed by atoms with van der Waals surface area (Å²) in [6, 6.07) is 8.11. The molecular formula is C14H21NO3. The third-order valence-electron chi connectivity index (χ3n) is 2.50. The summed E-state index contributed by atoms with van der Waals surface area (Å²) in [5, 5.41) is 0. The van der Waals surface area contributed by atoms with Gasteiger partial charge < -0.3 is 15.2 Å². The Balaban J connectivity index is 2.08. The molecule has 4 heteroatoms. The first-order chi connectivity index (χ1) is 8.72. The third-order valence-corrected chi connectivity index (χ3v) is 2.50. The lowest BCUT2D eigenvalue weighted by molar-refractivity contribution is -0.122. The molecule has 0 heterocycles. The van der Waals surface area contributed by atoms with E-state index in [1.54, 1.807) is 0 Å². The number of aryl methyl sites for hydroxylation is 1. The zero-order valence-electron chi connectivity index (χ0n) is 10.9. The largest absolute Gasteiger partial charge is 0.494 e. The second-order valence-electron chi connectivity index (χ2n) is 4.08. The van der Waals surface area contributed by atoms with Gasteiger partial charge in [-0.2, -0.15) is 0 Å². The van der Waals surface area contributed by atoms with E-state index in [1.165, 1.54) is 5.56 Å². The maximum Gasteiger partial charge on any atom is 0.243 e. The molecule has 0 saturated carbocycles. The molecule has 0 unspecified atom stereocenters. The Morgan fingerprint density at radius 3 is 2.78 bits per heavy atom. The fourth-order valence-corrected chi connectivity index (χ4v) is 1.52. The van der Waals surface area contributed by atoms with Crippen LogP contribution in [-0.2, 0) is 16.0 Å². The van der Waals surface area contributed by atoms with Gasteiger partial charge in [-0.1, -0.05) is 19.1 Å². The van der Waals surface area contributed by atoms with Crippen LogP contribution in [0.25, 0.3) is 0 Å². The van der Waals surface area contributed by atoms with Gasteiger partial charge in [0.1, 0.15) is 12.4 Å². The highest BCUT2D eigenvalue weighted by Gasteiger charge is 1.97. The fraction of sp³-hybridized carbons (Fsp3) is 0.500. The summed E-state index contributed by atoms with van der Waals surface area (Å²) in [5.41, 5.74) is 6.22. The van der Waals surface area contributed by atoms with Crippen LogP contribution in [0.4, 0.5) is 0 Å². The predicted molar refractivity (Wildman–Crippen MR) is 70.6 cm³/mol. The van der Waals surface area contributed by atoms with E-state index < -0.39 is 5.91 Å². The molecule has 0 aromatic heterocycles. The van der Waals surface area contributed by atoms with E-state index in [9.17, 15) is 4.79 Å². The topological polar surface area (TPSA) is 61.6 Å². The Hall–Kier alpha value is -1.55. The molecule has 4 nitrogen and oxygen atoms in total. The van der Waals surface area contributed by atoms with Gasteiger partial charge in [-0.25, -0.2) is 0 Å². The smallest absolute Gasteiger partial charge is 0.243 e. The van der Waals surface area contributed by atoms with Crippen molar-refractivity contribution in [2.75, 3.05) is 19.8 Å². The van der Waals surface area contributed by atoms with Gasteiger partial charge in [0.15, 0.2) is 0 Å². The van der Waals surface area contributed by atoms with E-state index in [0.29, 0.717) is 13.2 Å². The first-order valence-corrected chi connectivity index (χ1v) is 6.30. The normalized spacial score (nSPS) is 10.3. The van der Waals surface area contributed by atoms with Crippen molar-refractivity contribution in [3.05, 3.63) is 29.8 Å². The minimum absolute atomic E-state index is 0.000593. The molecule has 1 rings (SSSR count). The summed E-state index contributed by atoms with van der Waals surface area (Å²) < 4.78 is 10.7. The van der Waals surface area contributed by atoms with Crippen LogP contribution < -0.4 is 10.5 Å². The van der Waals surface area contributed by atoms with Gasteiger partial charge in [0.05, 0.1) is 6.61 Å². The van der Waals surface area contributed by atoms with Crippen LogP contribution in [0.2, 0.25) is 0 Å². The average molecular weight is 251 g/mol. The summed E-state index contributed by atoms with van der Waals surface area (Å²) in [5.74, 6) is 0.482. The standard InChI is InChI=1S/C14H21NO3/c1-2-12-6-5-7-13(10-12)18-9-4-3-8-17-11-14(15)16/h5-7,10H,2-4,8-9,11H2,1H3,(H2,15,16). The molecule has 100 valence electrons. The molecule has 1 aromatic rings. The summed E-state index contributed by atoms with van der Waals surface area (Å²) >= 11 is 0. The quantitative estimate of drug-likeness (QED) is 0.682. The highest BCUT2D eigenvalue weighted by atomic mass is 16.5. The average Bonchev–Trinajstić information content (AvgIpc) is 2.37. The Bertz CT molecular complexity index is 366. The summed E-state index contributed by atoms with van der Waals surface area (Å²) in [6.07, 6.45) is 2.77. The molecule has 18 heavy (non-hydrogen) atoms. The summed E-state index contributed by atoms with van der Waals surface area (Å²) in [6.45, 7) is 3.32.